The monoisotopic (exact) mass is 261 g/mol. The lowest BCUT2D eigenvalue weighted by Gasteiger charge is -2.22. The number of rotatable bonds is 7. The molecule has 0 spiro atoms. The van der Waals surface area contributed by atoms with Crippen molar-refractivity contribution >= 4 is 0 Å². The molecule has 1 aliphatic carbocycles. The van der Waals surface area contributed by atoms with Crippen molar-refractivity contribution in [2.24, 2.45) is 5.92 Å². The van der Waals surface area contributed by atoms with Crippen molar-refractivity contribution in [1.82, 2.24) is 5.32 Å². The first-order chi connectivity index (χ1) is 9.36. The highest BCUT2D eigenvalue weighted by atomic mass is 16.5. The van der Waals surface area contributed by atoms with Gasteiger partial charge in [-0.05, 0) is 55.8 Å². The SMILES string of the molecule is CCCOc1ccccc1C1CCCC1CNCC. The van der Waals surface area contributed by atoms with Crippen LogP contribution >= 0.6 is 0 Å². The first-order valence-corrected chi connectivity index (χ1v) is 7.79. The van der Waals surface area contributed by atoms with Crippen LogP contribution in [-0.2, 0) is 0 Å². The van der Waals surface area contributed by atoms with Gasteiger partial charge in [-0.25, -0.2) is 0 Å². The molecule has 0 aliphatic heterocycles. The van der Waals surface area contributed by atoms with Crippen LogP contribution in [0.1, 0.15) is 51.0 Å². The molecule has 1 saturated carbocycles. The zero-order valence-corrected chi connectivity index (χ0v) is 12.3. The topological polar surface area (TPSA) is 21.3 Å². The Hall–Kier alpha value is -1.02. The third kappa shape index (κ3) is 3.73. The number of hydrogen-bond donors (Lipinski definition) is 1. The van der Waals surface area contributed by atoms with E-state index in [9.17, 15) is 0 Å². The van der Waals surface area contributed by atoms with Gasteiger partial charge in [0.15, 0.2) is 0 Å². The smallest absolute Gasteiger partial charge is 0.122 e. The summed E-state index contributed by atoms with van der Waals surface area (Å²) in [6, 6.07) is 8.63. The molecule has 2 rings (SSSR count). The van der Waals surface area contributed by atoms with Gasteiger partial charge in [0.25, 0.3) is 0 Å². The molecule has 106 valence electrons. The van der Waals surface area contributed by atoms with E-state index in [2.05, 4.69) is 43.4 Å². The average Bonchev–Trinajstić information content (AvgIpc) is 2.91. The minimum atomic E-state index is 0.673. The predicted octanol–water partition coefficient (Wildman–Crippen LogP) is 3.97. The van der Waals surface area contributed by atoms with E-state index >= 15 is 0 Å². The lowest BCUT2D eigenvalue weighted by molar-refractivity contribution is 0.308. The fourth-order valence-corrected chi connectivity index (χ4v) is 3.15. The van der Waals surface area contributed by atoms with Crippen molar-refractivity contribution in [3.63, 3.8) is 0 Å². The summed E-state index contributed by atoms with van der Waals surface area (Å²) in [4.78, 5) is 0. The van der Waals surface area contributed by atoms with Gasteiger partial charge in [0.1, 0.15) is 5.75 Å². The van der Waals surface area contributed by atoms with Crippen molar-refractivity contribution in [3.05, 3.63) is 29.8 Å². The Kier molecular flexibility index (Phi) is 5.71. The van der Waals surface area contributed by atoms with Crippen LogP contribution in [0.2, 0.25) is 0 Å². The molecule has 2 atom stereocenters. The minimum absolute atomic E-state index is 0.673. The number of hydrogen-bond acceptors (Lipinski definition) is 2. The summed E-state index contributed by atoms with van der Waals surface area (Å²) in [6.07, 6.45) is 5.07. The third-order valence-corrected chi connectivity index (χ3v) is 4.10. The summed E-state index contributed by atoms with van der Waals surface area (Å²) in [7, 11) is 0. The molecule has 1 aliphatic rings. The number of ether oxygens (including phenoxy) is 1. The predicted molar refractivity (Wildman–Crippen MR) is 80.9 cm³/mol. The molecule has 0 bridgehead atoms. The van der Waals surface area contributed by atoms with Crippen LogP contribution in [0.3, 0.4) is 0 Å². The van der Waals surface area contributed by atoms with Gasteiger partial charge in [-0.15, -0.1) is 0 Å². The maximum atomic E-state index is 5.93. The van der Waals surface area contributed by atoms with Crippen molar-refractivity contribution < 1.29 is 4.74 Å². The Morgan fingerprint density at radius 3 is 2.84 bits per heavy atom. The third-order valence-electron chi connectivity index (χ3n) is 4.10. The molecular formula is C17H27NO. The number of benzene rings is 1. The van der Waals surface area contributed by atoms with Gasteiger partial charge in [0, 0.05) is 0 Å². The molecule has 1 N–H and O–H groups in total. The lowest BCUT2D eigenvalue weighted by atomic mass is 9.88. The first-order valence-electron chi connectivity index (χ1n) is 7.79. The normalized spacial score (nSPS) is 22.6. The minimum Gasteiger partial charge on any atom is -0.493 e. The Morgan fingerprint density at radius 1 is 1.21 bits per heavy atom. The molecule has 1 aromatic rings. The van der Waals surface area contributed by atoms with Crippen molar-refractivity contribution in [2.45, 2.75) is 45.4 Å². The second kappa shape index (κ2) is 7.54. The van der Waals surface area contributed by atoms with E-state index in [0.29, 0.717) is 5.92 Å². The Balaban J connectivity index is 2.10. The standard InChI is InChI=1S/C17H27NO/c1-3-12-19-17-11-6-5-9-16(17)15-10-7-8-14(15)13-18-4-2/h5-6,9,11,14-15,18H,3-4,7-8,10,12-13H2,1-2H3. The van der Waals surface area contributed by atoms with Crippen LogP contribution < -0.4 is 10.1 Å². The Bertz CT molecular complexity index is 377. The average molecular weight is 261 g/mol. The fourth-order valence-electron chi connectivity index (χ4n) is 3.15. The molecule has 0 aromatic heterocycles. The quantitative estimate of drug-likeness (QED) is 0.802. The van der Waals surface area contributed by atoms with Gasteiger partial charge >= 0.3 is 0 Å². The number of nitrogens with one attached hydrogen (secondary N) is 1. The highest BCUT2D eigenvalue weighted by molar-refractivity contribution is 5.37. The molecule has 1 aromatic carbocycles. The van der Waals surface area contributed by atoms with Gasteiger partial charge in [0.2, 0.25) is 0 Å². The summed E-state index contributed by atoms with van der Waals surface area (Å²) in [5, 5.41) is 3.51. The molecule has 2 nitrogen and oxygen atoms in total. The van der Waals surface area contributed by atoms with Gasteiger partial charge in [-0.2, -0.15) is 0 Å². The van der Waals surface area contributed by atoms with Gasteiger partial charge in [-0.1, -0.05) is 38.5 Å². The maximum absolute atomic E-state index is 5.93. The summed E-state index contributed by atoms with van der Waals surface area (Å²) in [6.45, 7) is 7.37. The fraction of sp³-hybridized carbons (Fsp3) is 0.647. The molecule has 0 amide bonds. The highest BCUT2D eigenvalue weighted by Crippen LogP contribution is 2.42. The molecule has 19 heavy (non-hydrogen) atoms. The van der Waals surface area contributed by atoms with E-state index in [1.165, 1.54) is 24.8 Å². The lowest BCUT2D eigenvalue weighted by Crippen LogP contribution is -2.24. The second-order valence-corrected chi connectivity index (χ2v) is 5.49. The molecule has 0 heterocycles. The highest BCUT2D eigenvalue weighted by Gasteiger charge is 2.29. The van der Waals surface area contributed by atoms with Crippen LogP contribution in [0.4, 0.5) is 0 Å². The second-order valence-electron chi connectivity index (χ2n) is 5.49. The molecule has 2 unspecified atom stereocenters. The first kappa shape index (κ1) is 14.4. The molecular weight excluding hydrogens is 234 g/mol. The molecule has 0 radical (unpaired) electrons. The van der Waals surface area contributed by atoms with Gasteiger partial charge in [0.05, 0.1) is 6.61 Å². The van der Waals surface area contributed by atoms with E-state index in [1.54, 1.807) is 0 Å². The zero-order valence-electron chi connectivity index (χ0n) is 12.3. The summed E-state index contributed by atoms with van der Waals surface area (Å²) in [5.41, 5.74) is 1.43. The van der Waals surface area contributed by atoms with Gasteiger partial charge < -0.3 is 10.1 Å². The van der Waals surface area contributed by atoms with E-state index in [-0.39, 0.29) is 0 Å². The molecule has 0 saturated heterocycles. The van der Waals surface area contributed by atoms with Gasteiger partial charge in [-0.3, -0.25) is 0 Å². The van der Waals surface area contributed by atoms with E-state index < -0.39 is 0 Å². The van der Waals surface area contributed by atoms with Crippen LogP contribution in [0.5, 0.6) is 5.75 Å². The van der Waals surface area contributed by atoms with Crippen LogP contribution in [-0.4, -0.2) is 19.7 Å². The maximum Gasteiger partial charge on any atom is 0.122 e. The number of para-hydroxylation sites is 1. The Morgan fingerprint density at radius 2 is 2.05 bits per heavy atom. The van der Waals surface area contributed by atoms with Crippen LogP contribution in [0, 0.1) is 5.92 Å². The Labute approximate surface area is 117 Å². The van der Waals surface area contributed by atoms with E-state index in [4.69, 9.17) is 4.74 Å². The molecule has 2 heteroatoms. The zero-order chi connectivity index (χ0) is 13.5. The summed E-state index contributed by atoms with van der Waals surface area (Å²) in [5.74, 6) is 2.55. The van der Waals surface area contributed by atoms with E-state index in [0.717, 1.165) is 37.8 Å². The van der Waals surface area contributed by atoms with Crippen molar-refractivity contribution in [2.75, 3.05) is 19.7 Å². The van der Waals surface area contributed by atoms with Crippen molar-refractivity contribution in [1.29, 1.82) is 0 Å². The summed E-state index contributed by atoms with van der Waals surface area (Å²) < 4.78 is 5.93. The molecule has 1 fully saturated rings. The van der Waals surface area contributed by atoms with Crippen molar-refractivity contribution in [3.8, 4) is 5.75 Å². The van der Waals surface area contributed by atoms with Crippen LogP contribution in [0.25, 0.3) is 0 Å². The van der Waals surface area contributed by atoms with E-state index in [1.807, 2.05) is 0 Å². The largest absolute Gasteiger partial charge is 0.493 e. The summed E-state index contributed by atoms with van der Waals surface area (Å²) >= 11 is 0. The van der Waals surface area contributed by atoms with Crippen LogP contribution in [0.15, 0.2) is 24.3 Å².